The molecule has 1 aliphatic rings. The van der Waals surface area contributed by atoms with Crippen LogP contribution in [0.3, 0.4) is 0 Å². The van der Waals surface area contributed by atoms with Crippen LogP contribution in [0.1, 0.15) is 19.8 Å². The average molecular weight is 408 g/mol. The van der Waals surface area contributed by atoms with Crippen LogP contribution < -0.4 is 5.32 Å². The first-order valence-electron chi connectivity index (χ1n) is 8.97. The van der Waals surface area contributed by atoms with Gasteiger partial charge in [-0.15, -0.1) is 10.2 Å². The van der Waals surface area contributed by atoms with Crippen LogP contribution in [0.5, 0.6) is 0 Å². The molecule has 8 nitrogen and oxygen atoms in total. The summed E-state index contributed by atoms with van der Waals surface area (Å²) in [5.41, 5.74) is 0.717. The van der Waals surface area contributed by atoms with Crippen molar-refractivity contribution in [3.05, 3.63) is 30.1 Å². The molecule has 1 fully saturated rings. The van der Waals surface area contributed by atoms with Gasteiger partial charge in [-0.05, 0) is 44.0 Å². The number of amides is 2. The fourth-order valence-electron chi connectivity index (χ4n) is 2.81. The number of halogens is 1. The van der Waals surface area contributed by atoms with Crippen molar-refractivity contribution in [2.45, 2.75) is 37.6 Å². The summed E-state index contributed by atoms with van der Waals surface area (Å²) >= 11 is 1.16. The van der Waals surface area contributed by atoms with Gasteiger partial charge in [0.05, 0.1) is 25.0 Å². The molecule has 0 radical (unpaired) electrons. The number of hydrogen-bond acceptors (Lipinski definition) is 7. The van der Waals surface area contributed by atoms with Gasteiger partial charge < -0.3 is 9.47 Å². The molecule has 0 saturated carbocycles. The van der Waals surface area contributed by atoms with Crippen LogP contribution in [0.2, 0.25) is 0 Å². The number of ether oxygens (including phenoxy) is 2. The average Bonchev–Trinajstić information content (AvgIpc) is 3.31. The molecule has 2 amide bonds. The summed E-state index contributed by atoms with van der Waals surface area (Å²) in [4.78, 5) is 23.2. The van der Waals surface area contributed by atoms with Gasteiger partial charge in [0.25, 0.3) is 0 Å². The Morgan fingerprint density at radius 2 is 2.14 bits per heavy atom. The predicted octanol–water partition coefficient (Wildman–Crippen LogP) is 2.63. The van der Waals surface area contributed by atoms with Crippen LogP contribution in [-0.4, -0.2) is 51.8 Å². The first-order valence-corrected chi connectivity index (χ1v) is 9.95. The summed E-state index contributed by atoms with van der Waals surface area (Å²) < 4.78 is 25.5. The minimum Gasteiger partial charge on any atom is -0.450 e. The first kappa shape index (κ1) is 20.3. The second-order valence-corrected chi connectivity index (χ2v) is 7.06. The zero-order valence-electron chi connectivity index (χ0n) is 15.4. The Bertz CT molecular complexity index is 821. The fraction of sp³-hybridized carbons (Fsp3) is 0.444. The Labute approximate surface area is 165 Å². The number of aromatic nitrogens is 3. The number of thioether (sulfide) groups is 1. The van der Waals surface area contributed by atoms with Crippen molar-refractivity contribution in [2.75, 3.05) is 19.0 Å². The fourth-order valence-corrected chi connectivity index (χ4v) is 3.56. The molecule has 0 bridgehead atoms. The Kier molecular flexibility index (Phi) is 6.99. The number of carbonyl (C=O) groups excluding carboxylic acids is 2. The van der Waals surface area contributed by atoms with Crippen molar-refractivity contribution < 1.29 is 23.5 Å². The molecule has 2 aromatic rings. The third-order valence-corrected chi connectivity index (χ3v) is 5.05. The Hall–Kier alpha value is -2.46. The maximum atomic E-state index is 13.3. The van der Waals surface area contributed by atoms with E-state index in [9.17, 15) is 14.0 Å². The highest BCUT2D eigenvalue weighted by Crippen LogP contribution is 2.26. The van der Waals surface area contributed by atoms with Gasteiger partial charge in [-0.3, -0.25) is 14.7 Å². The Balaban J connectivity index is 1.75. The molecule has 1 aromatic heterocycles. The van der Waals surface area contributed by atoms with Crippen molar-refractivity contribution >= 4 is 23.8 Å². The molecule has 2 heterocycles. The van der Waals surface area contributed by atoms with Crippen molar-refractivity contribution in [1.82, 2.24) is 20.1 Å². The van der Waals surface area contributed by atoms with Gasteiger partial charge in [0, 0.05) is 12.2 Å². The van der Waals surface area contributed by atoms with E-state index >= 15 is 0 Å². The minimum atomic E-state index is -0.777. The van der Waals surface area contributed by atoms with E-state index in [4.69, 9.17) is 4.74 Å². The van der Waals surface area contributed by atoms with Gasteiger partial charge in [-0.25, -0.2) is 9.18 Å². The van der Waals surface area contributed by atoms with Gasteiger partial charge in [-0.2, -0.15) is 0 Å². The van der Waals surface area contributed by atoms with Gasteiger partial charge in [0.2, 0.25) is 5.91 Å². The monoisotopic (exact) mass is 408 g/mol. The number of benzene rings is 1. The number of alkyl carbamates (subject to hydrolysis) is 1. The zero-order chi connectivity index (χ0) is 19.9. The molecule has 150 valence electrons. The number of rotatable bonds is 7. The summed E-state index contributed by atoms with van der Waals surface area (Å²) in [5, 5.41) is 11.1. The van der Waals surface area contributed by atoms with Crippen LogP contribution in [-0.2, 0) is 20.8 Å². The lowest BCUT2D eigenvalue weighted by atomic mass is 10.2. The highest BCUT2D eigenvalue weighted by molar-refractivity contribution is 7.99. The van der Waals surface area contributed by atoms with Crippen LogP contribution in [0.25, 0.3) is 11.4 Å². The highest BCUT2D eigenvalue weighted by atomic mass is 32.2. The summed E-state index contributed by atoms with van der Waals surface area (Å²) in [6.07, 6.45) is 1.17. The van der Waals surface area contributed by atoms with Gasteiger partial charge in [-0.1, -0.05) is 11.8 Å². The third kappa shape index (κ3) is 5.29. The number of imide groups is 1. The van der Waals surface area contributed by atoms with Gasteiger partial charge in [0.1, 0.15) is 5.82 Å². The molecule has 0 aliphatic carbocycles. The molecular formula is C18H21FN4O4S. The second-order valence-electron chi connectivity index (χ2n) is 6.12. The molecule has 1 atom stereocenters. The van der Waals surface area contributed by atoms with E-state index in [1.165, 1.54) is 12.1 Å². The molecule has 3 rings (SSSR count). The van der Waals surface area contributed by atoms with Crippen LogP contribution in [0, 0.1) is 5.82 Å². The topological polar surface area (TPSA) is 95.3 Å². The number of carbonyl (C=O) groups is 2. The lowest BCUT2D eigenvalue weighted by molar-refractivity contribution is -0.117. The van der Waals surface area contributed by atoms with Crippen LogP contribution in [0.4, 0.5) is 9.18 Å². The highest BCUT2D eigenvalue weighted by Gasteiger charge is 2.22. The zero-order valence-corrected chi connectivity index (χ0v) is 16.2. The van der Waals surface area contributed by atoms with E-state index in [2.05, 4.69) is 20.3 Å². The lowest BCUT2D eigenvalue weighted by Crippen LogP contribution is -2.32. The molecule has 1 aromatic carbocycles. The molecule has 1 N–H and O–H groups in total. The van der Waals surface area contributed by atoms with Gasteiger partial charge >= 0.3 is 6.09 Å². The Morgan fingerprint density at radius 1 is 1.36 bits per heavy atom. The third-order valence-electron chi connectivity index (χ3n) is 4.08. The number of nitrogens with one attached hydrogen (secondary N) is 1. The summed E-state index contributed by atoms with van der Waals surface area (Å²) in [6, 6.07) is 5.99. The quantitative estimate of drug-likeness (QED) is 0.704. The molecular weight excluding hydrogens is 387 g/mol. The number of nitrogens with zero attached hydrogens (tertiary/aromatic N) is 3. The summed E-state index contributed by atoms with van der Waals surface area (Å²) in [6.45, 7) is 3.08. The van der Waals surface area contributed by atoms with E-state index in [1.54, 1.807) is 19.1 Å². The molecule has 1 saturated heterocycles. The number of hydrogen-bond donors (Lipinski definition) is 1. The summed E-state index contributed by atoms with van der Waals surface area (Å²) in [5.74, 6) is -0.271. The second kappa shape index (κ2) is 9.65. The molecule has 0 unspecified atom stereocenters. The normalized spacial score (nSPS) is 16.1. The molecule has 10 heteroatoms. The largest absolute Gasteiger partial charge is 0.450 e. The Morgan fingerprint density at radius 3 is 2.82 bits per heavy atom. The molecule has 28 heavy (non-hydrogen) atoms. The lowest BCUT2D eigenvalue weighted by Gasteiger charge is -2.14. The van der Waals surface area contributed by atoms with E-state index in [-0.39, 0.29) is 24.3 Å². The maximum Gasteiger partial charge on any atom is 0.413 e. The van der Waals surface area contributed by atoms with Crippen molar-refractivity contribution in [2.24, 2.45) is 0 Å². The van der Waals surface area contributed by atoms with E-state index < -0.39 is 12.0 Å². The van der Waals surface area contributed by atoms with E-state index in [0.717, 1.165) is 30.2 Å². The van der Waals surface area contributed by atoms with Crippen molar-refractivity contribution in [1.29, 1.82) is 0 Å². The van der Waals surface area contributed by atoms with E-state index in [0.29, 0.717) is 24.1 Å². The van der Waals surface area contributed by atoms with Gasteiger partial charge in [0.15, 0.2) is 11.0 Å². The SMILES string of the molecule is CCOC(=O)NC(=O)CSc1nnc(-c2ccc(F)cc2)n1C[C@H]1CCCO1. The minimum absolute atomic E-state index is 0.0219. The van der Waals surface area contributed by atoms with Crippen molar-refractivity contribution in [3.63, 3.8) is 0 Å². The first-order chi connectivity index (χ1) is 13.6. The van der Waals surface area contributed by atoms with Crippen LogP contribution >= 0.6 is 11.8 Å². The predicted molar refractivity (Wildman–Crippen MR) is 100 cm³/mol. The maximum absolute atomic E-state index is 13.3. The molecule has 0 spiro atoms. The van der Waals surface area contributed by atoms with E-state index in [1.807, 2.05) is 4.57 Å². The van der Waals surface area contributed by atoms with Crippen LogP contribution in [0.15, 0.2) is 29.4 Å². The molecule has 1 aliphatic heterocycles. The standard InChI is InChI=1S/C18H21FN4O4S/c1-2-26-18(25)20-15(24)11-28-17-22-21-16(12-5-7-13(19)8-6-12)23(17)10-14-4-3-9-27-14/h5-8,14H,2-4,9-11H2,1H3,(H,20,24,25)/t14-/m1/s1. The smallest absolute Gasteiger partial charge is 0.413 e. The van der Waals surface area contributed by atoms with Crippen molar-refractivity contribution in [3.8, 4) is 11.4 Å². The summed E-state index contributed by atoms with van der Waals surface area (Å²) in [7, 11) is 0.